The molecule has 9 heteroatoms. The molecule has 3 saturated carbocycles. The number of allylic oxidation sites excluding steroid dienone is 2. The minimum absolute atomic E-state index is 0.0819. The average Bonchev–Trinajstić information content (AvgIpc) is 3.73. The van der Waals surface area contributed by atoms with E-state index in [0.717, 1.165) is 61.2 Å². The third-order valence-electron chi connectivity index (χ3n) is 11.7. The maximum atomic E-state index is 14.5. The number of benzene rings is 1. The van der Waals surface area contributed by atoms with Gasteiger partial charge in [0, 0.05) is 47.5 Å². The van der Waals surface area contributed by atoms with Gasteiger partial charge in [-0.15, -0.1) is 0 Å². The lowest BCUT2D eigenvalue weighted by Gasteiger charge is -2.65. The van der Waals surface area contributed by atoms with E-state index in [-0.39, 0.29) is 23.0 Å². The molecule has 4 aliphatic carbocycles. The number of aliphatic hydroxyl groups excluding tert-OH is 1. The summed E-state index contributed by atoms with van der Waals surface area (Å²) in [5.74, 6) is -0.850. The van der Waals surface area contributed by atoms with Crippen molar-refractivity contribution >= 4 is 11.7 Å². The van der Waals surface area contributed by atoms with Crippen molar-refractivity contribution in [1.29, 1.82) is 0 Å². The van der Waals surface area contributed by atoms with Crippen molar-refractivity contribution in [3.8, 4) is 0 Å². The van der Waals surface area contributed by atoms with Crippen molar-refractivity contribution in [1.82, 2.24) is 5.32 Å². The van der Waals surface area contributed by atoms with Gasteiger partial charge in [0.15, 0.2) is 5.57 Å². The van der Waals surface area contributed by atoms with E-state index in [1.54, 1.807) is 12.1 Å². The second-order valence-corrected chi connectivity index (χ2v) is 14.6. The zero-order valence-corrected chi connectivity index (χ0v) is 25.8. The summed E-state index contributed by atoms with van der Waals surface area (Å²) in [4.78, 5) is 13.9. The number of amides is 1. The molecular formula is C35H44F3N2O4+. The number of quaternary nitrogens is 1. The number of alkyl halides is 3. The van der Waals surface area contributed by atoms with Crippen LogP contribution in [0.1, 0.15) is 64.4 Å². The first-order chi connectivity index (χ1) is 20.9. The number of nitrogens with one attached hydrogen (secondary N) is 1. The van der Waals surface area contributed by atoms with Crippen LogP contribution in [0.2, 0.25) is 0 Å². The van der Waals surface area contributed by atoms with Crippen LogP contribution in [-0.2, 0) is 14.3 Å². The first-order valence-corrected chi connectivity index (χ1v) is 16.3. The van der Waals surface area contributed by atoms with Gasteiger partial charge in [-0.25, -0.2) is 0 Å². The minimum Gasteiger partial charge on any atom is -0.506 e. The maximum Gasteiger partial charge on any atom is 0.425 e. The van der Waals surface area contributed by atoms with Crippen LogP contribution >= 0.6 is 0 Å². The van der Waals surface area contributed by atoms with Gasteiger partial charge in [0.25, 0.3) is 5.91 Å². The number of halogens is 3. The Balaban J connectivity index is 1.32. The summed E-state index contributed by atoms with van der Waals surface area (Å²) in [5.41, 5.74) is -2.45. The topological polar surface area (TPSA) is 67.8 Å². The Labute approximate surface area is 257 Å². The lowest BCUT2D eigenvalue weighted by Crippen LogP contribution is -2.73. The number of hydrogen-bond acceptors (Lipinski definition) is 4. The van der Waals surface area contributed by atoms with Gasteiger partial charge in [-0.05, 0) is 31.8 Å². The predicted molar refractivity (Wildman–Crippen MR) is 160 cm³/mol. The Kier molecular flexibility index (Phi) is 7.05. The summed E-state index contributed by atoms with van der Waals surface area (Å²) in [7, 11) is 1.48. The van der Waals surface area contributed by atoms with Crippen LogP contribution < -0.4 is 5.32 Å². The van der Waals surface area contributed by atoms with Gasteiger partial charge >= 0.3 is 6.18 Å². The van der Waals surface area contributed by atoms with Crippen molar-refractivity contribution in [2.24, 2.45) is 29.1 Å². The zero-order chi connectivity index (χ0) is 31.1. The second kappa shape index (κ2) is 10.4. The smallest absolute Gasteiger partial charge is 0.425 e. The van der Waals surface area contributed by atoms with E-state index >= 15 is 0 Å². The molecule has 2 saturated heterocycles. The first-order valence-electron chi connectivity index (χ1n) is 16.3. The Bertz CT molecular complexity index is 1410. The minimum atomic E-state index is -5.10. The fraction of sp³-hybridized carbons (Fsp3) is 0.629. The fourth-order valence-electron chi connectivity index (χ4n) is 10.3. The predicted octanol–water partition coefficient (Wildman–Crippen LogP) is 6.66. The van der Waals surface area contributed by atoms with Crippen molar-refractivity contribution in [2.75, 3.05) is 26.7 Å². The van der Waals surface area contributed by atoms with E-state index in [9.17, 15) is 23.1 Å². The molecule has 7 atom stereocenters. The van der Waals surface area contributed by atoms with Gasteiger partial charge in [-0.2, -0.15) is 13.2 Å². The van der Waals surface area contributed by atoms with E-state index in [1.165, 1.54) is 50.8 Å². The van der Waals surface area contributed by atoms with E-state index in [2.05, 4.69) is 25.2 Å². The SMILES string of the molecule is COC1=CC=C2C[C@@H]3[C@@H]4CCC[C@@H]5OC1(NC(=O)C(=C(O)c1ccccc1)C(F)(F)F)C2[C@@]54CC[N+]3(CC(C)C)CC1CC1. The number of carbonyl (C=O) groups excluding carboxylic acids is 1. The number of piperidine rings is 1. The molecule has 44 heavy (non-hydrogen) atoms. The molecule has 0 radical (unpaired) electrons. The van der Waals surface area contributed by atoms with Crippen LogP contribution in [0.4, 0.5) is 13.2 Å². The number of likely N-dealkylation sites (tertiary alicyclic amines) is 1. The number of nitrogens with zero attached hydrogens (tertiary/aromatic N) is 1. The Morgan fingerprint density at radius 2 is 1.91 bits per heavy atom. The van der Waals surface area contributed by atoms with Gasteiger partial charge in [0.2, 0.25) is 5.72 Å². The van der Waals surface area contributed by atoms with Crippen molar-refractivity contribution in [2.45, 2.75) is 82.8 Å². The highest BCUT2D eigenvalue weighted by Gasteiger charge is 2.77. The molecule has 1 amide bonds. The van der Waals surface area contributed by atoms with E-state index in [4.69, 9.17) is 9.47 Å². The first kappa shape index (κ1) is 29.9. The van der Waals surface area contributed by atoms with E-state index < -0.39 is 29.1 Å². The highest BCUT2D eigenvalue weighted by atomic mass is 19.4. The third-order valence-corrected chi connectivity index (χ3v) is 11.7. The summed E-state index contributed by atoms with van der Waals surface area (Å²) in [5, 5.41) is 13.6. The number of carbonyl (C=O) groups is 1. The van der Waals surface area contributed by atoms with Crippen LogP contribution in [-0.4, -0.2) is 66.3 Å². The van der Waals surface area contributed by atoms with Crippen molar-refractivity contribution < 1.29 is 37.0 Å². The number of rotatable bonds is 8. The van der Waals surface area contributed by atoms with Crippen LogP contribution in [0.5, 0.6) is 0 Å². The number of ether oxygens (including phenoxy) is 2. The summed E-state index contributed by atoms with van der Waals surface area (Å²) in [6.07, 6.45) is 5.77. The Morgan fingerprint density at radius 1 is 1.16 bits per heavy atom. The summed E-state index contributed by atoms with van der Waals surface area (Å²) in [6.45, 7) is 8.00. The van der Waals surface area contributed by atoms with Crippen LogP contribution in [0.3, 0.4) is 0 Å². The molecular weight excluding hydrogens is 569 g/mol. The largest absolute Gasteiger partial charge is 0.506 e. The van der Waals surface area contributed by atoms with Crippen LogP contribution in [0.25, 0.3) is 5.76 Å². The molecule has 238 valence electrons. The summed E-state index contributed by atoms with van der Waals surface area (Å²) >= 11 is 0. The molecule has 3 unspecified atom stereocenters. The zero-order valence-electron chi connectivity index (χ0n) is 25.8. The lowest BCUT2D eigenvalue weighted by atomic mass is 9.46. The summed E-state index contributed by atoms with van der Waals surface area (Å²) in [6, 6.07) is 7.81. The van der Waals surface area contributed by atoms with E-state index in [0.29, 0.717) is 23.6 Å². The molecule has 5 fully saturated rings. The Hall–Kier alpha value is -2.78. The number of methoxy groups -OCH3 is 1. The number of hydrogen-bond donors (Lipinski definition) is 2. The molecule has 2 aliphatic heterocycles. The quantitative estimate of drug-likeness (QED) is 0.196. The van der Waals surface area contributed by atoms with Gasteiger partial charge in [-0.3, -0.25) is 4.79 Å². The van der Waals surface area contributed by atoms with Crippen LogP contribution in [0, 0.1) is 29.1 Å². The molecule has 6 aliphatic rings. The summed E-state index contributed by atoms with van der Waals surface area (Å²) < 4.78 is 57.5. The van der Waals surface area contributed by atoms with Crippen molar-refractivity contribution in [3.63, 3.8) is 0 Å². The normalized spacial score (nSPS) is 37.9. The van der Waals surface area contributed by atoms with Crippen LogP contribution in [0.15, 0.2) is 59.4 Å². The molecule has 1 aromatic carbocycles. The average molecular weight is 614 g/mol. The monoisotopic (exact) mass is 613 g/mol. The van der Waals surface area contributed by atoms with Gasteiger partial charge < -0.3 is 24.4 Å². The molecule has 0 aromatic heterocycles. The van der Waals surface area contributed by atoms with Crippen molar-refractivity contribution in [3.05, 3.63) is 65.0 Å². The molecule has 1 aromatic rings. The molecule has 2 bridgehead atoms. The molecule has 7 rings (SSSR count). The molecule has 2 N–H and O–H groups in total. The van der Waals surface area contributed by atoms with Gasteiger partial charge in [0.05, 0.1) is 38.9 Å². The molecule has 2 heterocycles. The third kappa shape index (κ3) is 4.39. The highest BCUT2D eigenvalue weighted by molar-refractivity contribution is 6.01. The maximum absolute atomic E-state index is 14.5. The van der Waals surface area contributed by atoms with Gasteiger partial charge in [0.1, 0.15) is 11.5 Å². The lowest BCUT2D eigenvalue weighted by molar-refractivity contribution is -0.968. The molecule has 6 nitrogen and oxygen atoms in total. The van der Waals surface area contributed by atoms with Gasteiger partial charge in [-0.1, -0.05) is 62.2 Å². The number of aliphatic hydroxyl groups is 1. The highest BCUT2D eigenvalue weighted by Crippen LogP contribution is 2.71. The standard InChI is InChI=1S/C35H43F3N2O4/c1-21(2)19-40(20-22-12-13-22)17-16-33-25-10-7-11-27(33)44-34(28(43-3)15-14-24(31(33)34)18-26(25)40)39-32(42)29(35(36,37)38)30(41)23-8-5-4-6-9-23/h4-6,8-9,14-15,21-22,25-27,31H,7,10-13,16-20H2,1-3H3,(H-,39,41,42)/p+1/t25-,26+,27-,31?,33+,34?,40?/m0/s1. The fourth-order valence-corrected chi connectivity index (χ4v) is 10.3. The second-order valence-electron chi connectivity index (χ2n) is 14.6. The Morgan fingerprint density at radius 3 is 2.57 bits per heavy atom. The van der Waals surface area contributed by atoms with E-state index in [1.807, 2.05) is 0 Å². The molecule has 1 spiro atoms.